The highest BCUT2D eigenvalue weighted by atomic mass is 16.2. The summed E-state index contributed by atoms with van der Waals surface area (Å²) in [7, 11) is 0. The quantitative estimate of drug-likeness (QED) is 0.824. The highest BCUT2D eigenvalue weighted by Crippen LogP contribution is 2.15. The van der Waals surface area contributed by atoms with Crippen LogP contribution in [0.2, 0.25) is 0 Å². The Bertz CT molecular complexity index is 678. The fourth-order valence-electron chi connectivity index (χ4n) is 2.51. The Morgan fingerprint density at radius 3 is 2.39 bits per heavy atom. The molecule has 4 nitrogen and oxygen atoms in total. The zero-order chi connectivity index (χ0) is 16.7. The van der Waals surface area contributed by atoms with E-state index in [2.05, 4.69) is 24.5 Å². The van der Waals surface area contributed by atoms with Gasteiger partial charge in [0.1, 0.15) is 0 Å². The number of amides is 2. The van der Waals surface area contributed by atoms with E-state index >= 15 is 0 Å². The Morgan fingerprint density at radius 2 is 1.70 bits per heavy atom. The molecule has 0 atom stereocenters. The highest BCUT2D eigenvalue weighted by molar-refractivity contribution is 5.98. The van der Waals surface area contributed by atoms with Gasteiger partial charge in [-0.2, -0.15) is 0 Å². The average molecular weight is 312 g/mol. The Morgan fingerprint density at radius 1 is 1.00 bits per heavy atom. The van der Waals surface area contributed by atoms with Crippen LogP contribution in [0.4, 0.5) is 0 Å². The number of hydrogen-bond donors (Lipinski definition) is 2. The number of hydrogen-bond acceptors (Lipinski definition) is 2. The lowest BCUT2D eigenvalue weighted by Gasteiger charge is -2.14. The Labute approximate surface area is 137 Å². The van der Waals surface area contributed by atoms with Gasteiger partial charge in [-0.15, -0.1) is 0 Å². The number of benzene rings is 2. The summed E-state index contributed by atoms with van der Waals surface area (Å²) in [5, 5.41) is 7.91. The van der Waals surface area contributed by atoms with Gasteiger partial charge in [-0.05, 0) is 35.7 Å². The lowest BCUT2D eigenvalue weighted by Crippen LogP contribution is -2.36. The van der Waals surface area contributed by atoms with E-state index in [9.17, 15) is 9.59 Å². The van der Waals surface area contributed by atoms with Crippen LogP contribution >= 0.6 is 0 Å². The van der Waals surface area contributed by atoms with Crippen molar-refractivity contribution >= 4 is 22.6 Å². The van der Waals surface area contributed by atoms with Crippen molar-refractivity contribution in [1.29, 1.82) is 0 Å². The largest absolute Gasteiger partial charge is 0.353 e. The standard InChI is InChI=1S/C19H24N2O2/c1-3-17(4-2)21-18(22)11-12-20-19(23)16-10-9-14-7-5-6-8-15(14)13-16/h5-10,13,17H,3-4,11-12H2,1-2H3,(H,20,23)(H,21,22). The molecule has 0 aliphatic carbocycles. The molecular formula is C19H24N2O2. The minimum Gasteiger partial charge on any atom is -0.353 e. The van der Waals surface area contributed by atoms with E-state index in [1.54, 1.807) is 0 Å². The number of nitrogens with one attached hydrogen (secondary N) is 2. The third kappa shape index (κ3) is 4.81. The van der Waals surface area contributed by atoms with Crippen LogP contribution in [0.5, 0.6) is 0 Å². The summed E-state index contributed by atoms with van der Waals surface area (Å²) < 4.78 is 0. The maximum absolute atomic E-state index is 12.2. The highest BCUT2D eigenvalue weighted by Gasteiger charge is 2.10. The van der Waals surface area contributed by atoms with Crippen molar-refractivity contribution in [3.05, 3.63) is 48.0 Å². The van der Waals surface area contributed by atoms with E-state index in [0.29, 0.717) is 18.5 Å². The normalized spacial score (nSPS) is 10.7. The predicted molar refractivity (Wildman–Crippen MR) is 93.4 cm³/mol. The zero-order valence-electron chi connectivity index (χ0n) is 13.8. The van der Waals surface area contributed by atoms with Crippen LogP contribution in [0.1, 0.15) is 43.5 Å². The minimum absolute atomic E-state index is 0.0162. The monoisotopic (exact) mass is 312 g/mol. The fourth-order valence-corrected chi connectivity index (χ4v) is 2.51. The Hall–Kier alpha value is -2.36. The first-order valence-electron chi connectivity index (χ1n) is 8.20. The van der Waals surface area contributed by atoms with E-state index in [4.69, 9.17) is 0 Å². The summed E-state index contributed by atoms with van der Waals surface area (Å²) in [6, 6.07) is 13.8. The van der Waals surface area contributed by atoms with Crippen LogP contribution in [0.25, 0.3) is 10.8 Å². The van der Waals surface area contributed by atoms with Crippen molar-refractivity contribution in [2.24, 2.45) is 0 Å². The molecule has 0 radical (unpaired) electrons. The van der Waals surface area contributed by atoms with Gasteiger partial charge in [-0.25, -0.2) is 0 Å². The van der Waals surface area contributed by atoms with Crippen molar-refractivity contribution in [2.45, 2.75) is 39.2 Å². The molecule has 2 aromatic carbocycles. The van der Waals surface area contributed by atoms with Crippen LogP contribution in [0, 0.1) is 0 Å². The first-order valence-corrected chi connectivity index (χ1v) is 8.20. The summed E-state index contributed by atoms with van der Waals surface area (Å²) in [5.41, 5.74) is 0.615. The zero-order valence-corrected chi connectivity index (χ0v) is 13.8. The van der Waals surface area contributed by atoms with Crippen molar-refractivity contribution in [1.82, 2.24) is 10.6 Å². The second-order valence-corrected chi connectivity index (χ2v) is 5.65. The van der Waals surface area contributed by atoms with E-state index in [0.717, 1.165) is 23.6 Å². The van der Waals surface area contributed by atoms with Crippen molar-refractivity contribution in [3.8, 4) is 0 Å². The van der Waals surface area contributed by atoms with Crippen LogP contribution in [-0.2, 0) is 4.79 Å². The molecule has 0 aromatic heterocycles. The SMILES string of the molecule is CCC(CC)NC(=O)CCNC(=O)c1ccc2ccccc2c1. The van der Waals surface area contributed by atoms with Crippen LogP contribution < -0.4 is 10.6 Å². The van der Waals surface area contributed by atoms with Crippen LogP contribution in [0.3, 0.4) is 0 Å². The number of carbonyl (C=O) groups is 2. The summed E-state index contributed by atoms with van der Waals surface area (Å²) in [4.78, 5) is 24.0. The first-order chi connectivity index (χ1) is 11.1. The smallest absolute Gasteiger partial charge is 0.251 e. The molecule has 0 bridgehead atoms. The lowest BCUT2D eigenvalue weighted by molar-refractivity contribution is -0.121. The summed E-state index contributed by atoms with van der Waals surface area (Å²) in [5.74, 6) is -0.163. The summed E-state index contributed by atoms with van der Waals surface area (Å²) in [6.45, 7) is 4.45. The van der Waals surface area contributed by atoms with Gasteiger partial charge in [-0.3, -0.25) is 9.59 Å². The van der Waals surface area contributed by atoms with E-state index in [1.165, 1.54) is 0 Å². The third-order valence-electron chi connectivity index (χ3n) is 4.00. The summed E-state index contributed by atoms with van der Waals surface area (Å²) >= 11 is 0. The molecule has 4 heteroatoms. The maximum atomic E-state index is 12.2. The van der Waals surface area contributed by atoms with Crippen molar-refractivity contribution in [2.75, 3.05) is 6.54 Å². The number of rotatable bonds is 7. The van der Waals surface area contributed by atoms with Crippen molar-refractivity contribution in [3.63, 3.8) is 0 Å². The number of carbonyl (C=O) groups excluding carboxylic acids is 2. The molecule has 0 spiro atoms. The molecule has 2 rings (SSSR count). The molecule has 0 aliphatic heterocycles. The molecule has 2 N–H and O–H groups in total. The van der Waals surface area contributed by atoms with E-state index < -0.39 is 0 Å². The van der Waals surface area contributed by atoms with Crippen LogP contribution in [-0.4, -0.2) is 24.4 Å². The fraction of sp³-hybridized carbons (Fsp3) is 0.368. The van der Waals surface area contributed by atoms with Gasteiger partial charge in [0.25, 0.3) is 5.91 Å². The van der Waals surface area contributed by atoms with Gasteiger partial charge in [0, 0.05) is 24.6 Å². The Balaban J connectivity index is 1.85. The molecule has 0 saturated carbocycles. The third-order valence-corrected chi connectivity index (χ3v) is 4.00. The topological polar surface area (TPSA) is 58.2 Å². The lowest BCUT2D eigenvalue weighted by atomic mass is 10.1. The summed E-state index contributed by atoms with van der Waals surface area (Å²) in [6.07, 6.45) is 2.15. The maximum Gasteiger partial charge on any atom is 0.251 e. The molecule has 0 saturated heterocycles. The van der Waals surface area contributed by atoms with Crippen LogP contribution in [0.15, 0.2) is 42.5 Å². The predicted octanol–water partition coefficient (Wildman–Crippen LogP) is 3.26. The molecule has 0 unspecified atom stereocenters. The average Bonchev–Trinajstić information content (AvgIpc) is 2.59. The first kappa shape index (κ1) is 17.0. The second-order valence-electron chi connectivity index (χ2n) is 5.65. The molecule has 0 fully saturated rings. The van der Waals surface area contributed by atoms with E-state index in [-0.39, 0.29) is 17.9 Å². The van der Waals surface area contributed by atoms with Gasteiger partial charge in [0.05, 0.1) is 0 Å². The Kier molecular flexibility index (Phi) is 6.15. The molecule has 0 aliphatic rings. The molecule has 2 amide bonds. The minimum atomic E-state index is -0.147. The van der Waals surface area contributed by atoms with Crippen molar-refractivity contribution < 1.29 is 9.59 Å². The second kappa shape index (κ2) is 8.32. The van der Waals surface area contributed by atoms with Gasteiger partial charge in [0.15, 0.2) is 0 Å². The molecule has 2 aromatic rings. The molecule has 122 valence electrons. The molecular weight excluding hydrogens is 288 g/mol. The van der Waals surface area contributed by atoms with E-state index in [1.807, 2.05) is 42.5 Å². The van der Waals surface area contributed by atoms with Gasteiger partial charge < -0.3 is 10.6 Å². The molecule has 0 heterocycles. The molecule has 23 heavy (non-hydrogen) atoms. The number of fused-ring (bicyclic) bond motifs is 1. The van der Waals surface area contributed by atoms with Gasteiger partial charge in [0.2, 0.25) is 5.91 Å². The van der Waals surface area contributed by atoms with Gasteiger partial charge in [-0.1, -0.05) is 44.2 Å². The van der Waals surface area contributed by atoms with Gasteiger partial charge >= 0.3 is 0 Å².